The Balaban J connectivity index is 1.38. The molecule has 0 spiro atoms. The third-order valence-corrected chi connectivity index (χ3v) is 8.20. The Morgan fingerprint density at radius 1 is 0.524 bits per heavy atom. The summed E-state index contributed by atoms with van der Waals surface area (Å²) in [4.78, 5) is 10.3. The van der Waals surface area contributed by atoms with Crippen LogP contribution < -0.4 is 0 Å². The summed E-state index contributed by atoms with van der Waals surface area (Å²) < 4.78 is 8.91. The van der Waals surface area contributed by atoms with Crippen LogP contribution >= 0.6 is 0 Å². The van der Waals surface area contributed by atoms with Crippen LogP contribution in [-0.4, -0.2) is 14.5 Å². The molecule has 0 aliphatic carbocycles. The molecule has 0 saturated heterocycles. The minimum absolute atomic E-state index is 0.681. The van der Waals surface area contributed by atoms with Gasteiger partial charge in [0.15, 0.2) is 11.4 Å². The van der Waals surface area contributed by atoms with Gasteiger partial charge in [0.25, 0.3) is 0 Å². The van der Waals surface area contributed by atoms with E-state index in [-0.39, 0.29) is 0 Å². The Kier molecular flexibility index (Phi) is 4.87. The zero-order chi connectivity index (χ0) is 27.6. The van der Waals surface area contributed by atoms with E-state index in [0.29, 0.717) is 11.4 Å². The van der Waals surface area contributed by atoms with Crippen molar-refractivity contribution >= 4 is 54.6 Å². The summed E-state index contributed by atoms with van der Waals surface area (Å²) >= 11 is 0. The van der Waals surface area contributed by atoms with Gasteiger partial charge in [-0.3, -0.25) is 0 Å². The van der Waals surface area contributed by atoms with Crippen LogP contribution in [-0.2, 0) is 0 Å². The Morgan fingerprint density at radius 3 is 2.10 bits per heavy atom. The zero-order valence-electron chi connectivity index (χ0n) is 22.5. The summed E-state index contributed by atoms with van der Waals surface area (Å²) in [5.74, 6) is 0.681. The smallest absolute Gasteiger partial charge is 0.180 e. The minimum atomic E-state index is 0.681. The van der Waals surface area contributed by atoms with Crippen LogP contribution in [0.2, 0.25) is 0 Å². The van der Waals surface area contributed by atoms with Gasteiger partial charge in [0.2, 0.25) is 0 Å². The van der Waals surface area contributed by atoms with Crippen LogP contribution in [0.3, 0.4) is 0 Å². The van der Waals surface area contributed by atoms with E-state index in [1.807, 2.05) is 24.3 Å². The van der Waals surface area contributed by atoms with Crippen LogP contribution in [0, 0.1) is 0 Å². The molecule has 3 heterocycles. The van der Waals surface area contributed by atoms with Crippen molar-refractivity contribution in [3.8, 4) is 28.3 Å². The van der Waals surface area contributed by atoms with Crippen molar-refractivity contribution in [2.75, 3.05) is 0 Å². The average molecular weight is 538 g/mol. The molecule has 4 heteroatoms. The van der Waals surface area contributed by atoms with Gasteiger partial charge >= 0.3 is 0 Å². The lowest BCUT2D eigenvalue weighted by atomic mass is 10.0. The summed E-state index contributed by atoms with van der Waals surface area (Å²) in [6.07, 6.45) is 0. The topological polar surface area (TPSA) is 43.9 Å². The molecule has 9 aromatic rings. The van der Waals surface area contributed by atoms with Gasteiger partial charge in [0.1, 0.15) is 16.8 Å². The predicted molar refractivity (Wildman–Crippen MR) is 172 cm³/mol. The molecular weight excluding hydrogens is 514 g/mol. The first-order valence-corrected chi connectivity index (χ1v) is 14.1. The lowest BCUT2D eigenvalue weighted by molar-refractivity contribution is 0.667. The quantitative estimate of drug-likeness (QED) is 0.225. The summed E-state index contributed by atoms with van der Waals surface area (Å²) in [7, 11) is 0. The van der Waals surface area contributed by atoms with Crippen molar-refractivity contribution in [1.82, 2.24) is 14.5 Å². The molecule has 3 aromatic heterocycles. The highest BCUT2D eigenvalue weighted by Gasteiger charge is 2.21. The molecule has 0 radical (unpaired) electrons. The Morgan fingerprint density at radius 2 is 1.24 bits per heavy atom. The molecule has 0 N–H and O–H groups in total. The molecule has 0 fully saturated rings. The summed E-state index contributed by atoms with van der Waals surface area (Å²) in [6, 6.07) is 48.4. The van der Waals surface area contributed by atoms with Gasteiger partial charge in [0.05, 0.1) is 16.4 Å². The van der Waals surface area contributed by atoms with Crippen LogP contribution in [0.5, 0.6) is 0 Å². The van der Waals surface area contributed by atoms with E-state index in [4.69, 9.17) is 14.4 Å². The number of para-hydroxylation sites is 2. The van der Waals surface area contributed by atoms with Gasteiger partial charge in [0, 0.05) is 27.6 Å². The average Bonchev–Trinajstić information content (AvgIpc) is 3.61. The fourth-order valence-corrected chi connectivity index (χ4v) is 6.29. The normalized spacial score (nSPS) is 11.8. The van der Waals surface area contributed by atoms with Gasteiger partial charge in [-0.1, -0.05) is 103 Å². The lowest BCUT2D eigenvalue weighted by Gasteiger charge is -2.09. The first-order chi connectivity index (χ1) is 20.8. The first-order valence-electron chi connectivity index (χ1n) is 14.1. The van der Waals surface area contributed by atoms with E-state index in [2.05, 4.69) is 120 Å². The largest absolute Gasteiger partial charge is 0.452 e. The van der Waals surface area contributed by atoms with Crippen molar-refractivity contribution in [3.63, 3.8) is 0 Å². The lowest BCUT2D eigenvalue weighted by Crippen LogP contribution is -1.95. The number of fused-ring (bicyclic) bond motifs is 8. The number of nitrogens with zero attached hydrogens (tertiary/aromatic N) is 3. The maximum Gasteiger partial charge on any atom is 0.180 e. The molecule has 0 atom stereocenters. The molecule has 0 aliphatic rings. The third kappa shape index (κ3) is 3.36. The summed E-state index contributed by atoms with van der Waals surface area (Å²) in [5, 5.41) is 5.66. The number of furan rings is 1. The van der Waals surface area contributed by atoms with E-state index < -0.39 is 0 Å². The molecule has 0 bridgehead atoms. The van der Waals surface area contributed by atoms with E-state index in [1.54, 1.807) is 0 Å². The zero-order valence-corrected chi connectivity index (χ0v) is 22.5. The second kappa shape index (κ2) is 8.88. The second-order valence-corrected chi connectivity index (χ2v) is 10.6. The molecule has 6 aromatic carbocycles. The van der Waals surface area contributed by atoms with Gasteiger partial charge in [-0.25, -0.2) is 9.97 Å². The van der Waals surface area contributed by atoms with Crippen molar-refractivity contribution in [3.05, 3.63) is 140 Å². The van der Waals surface area contributed by atoms with Crippen LogP contribution in [0.25, 0.3) is 83.0 Å². The van der Waals surface area contributed by atoms with Crippen LogP contribution in [0.4, 0.5) is 0 Å². The second-order valence-electron chi connectivity index (χ2n) is 10.6. The summed E-state index contributed by atoms with van der Waals surface area (Å²) in [5.41, 5.74) is 8.55. The minimum Gasteiger partial charge on any atom is -0.452 e. The van der Waals surface area contributed by atoms with Crippen molar-refractivity contribution in [2.24, 2.45) is 0 Å². The Labute approximate surface area is 241 Å². The highest BCUT2D eigenvalue weighted by Crippen LogP contribution is 2.40. The molecule has 0 amide bonds. The maximum atomic E-state index is 6.58. The molecule has 0 aliphatic heterocycles. The van der Waals surface area contributed by atoms with E-state index in [9.17, 15) is 0 Å². The maximum absolute atomic E-state index is 6.58. The SMILES string of the molecule is c1ccc(-c2nc(-c3ccc4c(c3)c3ccccc3n4-c3ccccc3)c3oc4ccc5ccccc5c4c3n2)cc1. The number of benzene rings is 6. The molecule has 4 nitrogen and oxygen atoms in total. The standard InChI is InChI=1S/C38H23N3O/c1-3-12-25(13-4-1)38-39-35(37-36(40-38)34-28-16-8-7-11-24(28)20-22-33(34)42-37)26-19-21-32-30(23-26)29-17-9-10-18-31(29)41(32)27-14-5-2-6-15-27/h1-23H. The molecule has 196 valence electrons. The van der Waals surface area contributed by atoms with Gasteiger partial charge in [-0.2, -0.15) is 0 Å². The van der Waals surface area contributed by atoms with Gasteiger partial charge < -0.3 is 8.98 Å². The monoisotopic (exact) mass is 537 g/mol. The number of hydrogen-bond donors (Lipinski definition) is 0. The van der Waals surface area contributed by atoms with Crippen molar-refractivity contribution < 1.29 is 4.42 Å². The predicted octanol–water partition coefficient (Wildman–Crippen LogP) is 9.96. The fourth-order valence-electron chi connectivity index (χ4n) is 6.29. The summed E-state index contributed by atoms with van der Waals surface area (Å²) in [6.45, 7) is 0. The number of hydrogen-bond acceptors (Lipinski definition) is 3. The molecule has 0 unspecified atom stereocenters. The van der Waals surface area contributed by atoms with E-state index >= 15 is 0 Å². The Bertz CT molecular complexity index is 2460. The first kappa shape index (κ1) is 23.0. The molecule has 9 rings (SSSR count). The molecular formula is C38H23N3O. The van der Waals surface area contributed by atoms with Gasteiger partial charge in [-0.15, -0.1) is 0 Å². The number of rotatable bonds is 3. The van der Waals surface area contributed by atoms with Crippen molar-refractivity contribution in [2.45, 2.75) is 0 Å². The van der Waals surface area contributed by atoms with Crippen LogP contribution in [0.15, 0.2) is 144 Å². The van der Waals surface area contributed by atoms with Gasteiger partial charge in [-0.05, 0) is 47.2 Å². The molecule has 42 heavy (non-hydrogen) atoms. The van der Waals surface area contributed by atoms with E-state index in [0.717, 1.165) is 55.3 Å². The Hall–Kier alpha value is -5.74. The highest BCUT2D eigenvalue weighted by molar-refractivity contribution is 6.19. The fraction of sp³-hybridized carbons (Fsp3) is 0. The third-order valence-electron chi connectivity index (χ3n) is 8.20. The number of aromatic nitrogens is 3. The molecule has 0 saturated carbocycles. The van der Waals surface area contributed by atoms with Crippen molar-refractivity contribution in [1.29, 1.82) is 0 Å². The highest BCUT2D eigenvalue weighted by atomic mass is 16.3. The van der Waals surface area contributed by atoms with Crippen LogP contribution in [0.1, 0.15) is 0 Å². The van der Waals surface area contributed by atoms with E-state index in [1.165, 1.54) is 16.3 Å².